The van der Waals surface area contributed by atoms with Crippen LogP contribution in [0.15, 0.2) is 36.4 Å². The first-order valence-corrected chi connectivity index (χ1v) is 10.2. The minimum absolute atomic E-state index is 0.131. The number of carbonyl (C=O) groups excluding carboxylic acids is 2. The van der Waals surface area contributed by atoms with E-state index in [4.69, 9.17) is 16.3 Å². The predicted molar refractivity (Wildman–Crippen MR) is 96.1 cm³/mol. The topological polar surface area (TPSA) is 80.8 Å². The number of hydrogen-bond donors (Lipinski definition) is 0. The van der Waals surface area contributed by atoms with Gasteiger partial charge in [0, 0.05) is 6.54 Å². The van der Waals surface area contributed by atoms with Crippen LogP contribution in [0.2, 0.25) is 4.34 Å². The van der Waals surface area contributed by atoms with Gasteiger partial charge in [-0.1, -0.05) is 11.6 Å². The zero-order valence-electron chi connectivity index (χ0n) is 13.0. The number of benzene rings is 1. The summed E-state index contributed by atoms with van der Waals surface area (Å²) in [5.41, 5.74) is 0.760. The van der Waals surface area contributed by atoms with E-state index < -0.39 is 16.0 Å². The highest BCUT2D eigenvalue weighted by Crippen LogP contribution is 2.24. The third-order valence-electron chi connectivity index (χ3n) is 3.67. The summed E-state index contributed by atoms with van der Waals surface area (Å²) in [5.74, 6) is -0.845. The molecule has 6 nitrogen and oxygen atoms in total. The number of halogens is 1. The average Bonchev–Trinajstić information content (AvgIpc) is 3.17. The van der Waals surface area contributed by atoms with Crippen molar-refractivity contribution in [3.05, 3.63) is 51.2 Å². The van der Waals surface area contributed by atoms with Gasteiger partial charge in [0.05, 0.1) is 26.2 Å². The first kappa shape index (κ1) is 17.9. The van der Waals surface area contributed by atoms with E-state index >= 15 is 0 Å². The largest absolute Gasteiger partial charge is 0.454 e. The number of thiophene rings is 1. The molecule has 0 amide bonds. The fourth-order valence-electron chi connectivity index (χ4n) is 2.44. The zero-order valence-corrected chi connectivity index (χ0v) is 15.4. The normalized spacial score (nSPS) is 16.0. The monoisotopic (exact) mass is 399 g/mol. The highest BCUT2D eigenvalue weighted by atomic mass is 35.5. The smallest absolute Gasteiger partial charge is 0.338 e. The molecule has 0 radical (unpaired) electrons. The summed E-state index contributed by atoms with van der Waals surface area (Å²) in [7, 11) is -3.26. The van der Waals surface area contributed by atoms with Crippen molar-refractivity contribution in [2.24, 2.45) is 0 Å². The Bertz CT molecular complexity index is 905. The van der Waals surface area contributed by atoms with E-state index in [1.165, 1.54) is 16.4 Å². The van der Waals surface area contributed by atoms with Crippen LogP contribution in [0.3, 0.4) is 0 Å². The number of rotatable bonds is 5. The van der Waals surface area contributed by atoms with Crippen molar-refractivity contribution in [3.8, 4) is 0 Å². The van der Waals surface area contributed by atoms with Gasteiger partial charge in [-0.15, -0.1) is 11.3 Å². The van der Waals surface area contributed by atoms with Gasteiger partial charge in [0.15, 0.2) is 6.61 Å². The van der Waals surface area contributed by atoms with Crippen LogP contribution < -0.4 is 4.31 Å². The van der Waals surface area contributed by atoms with Crippen LogP contribution in [-0.2, 0) is 14.8 Å². The van der Waals surface area contributed by atoms with Gasteiger partial charge in [0.25, 0.3) is 0 Å². The van der Waals surface area contributed by atoms with Gasteiger partial charge in [-0.3, -0.25) is 9.10 Å². The van der Waals surface area contributed by atoms with Crippen molar-refractivity contribution in [2.45, 2.75) is 6.42 Å². The molecular weight excluding hydrogens is 386 g/mol. The second-order valence-corrected chi connectivity index (χ2v) is 9.12. The van der Waals surface area contributed by atoms with Crippen LogP contribution in [0.25, 0.3) is 0 Å². The molecule has 25 heavy (non-hydrogen) atoms. The fraction of sp³-hybridized carbons (Fsp3) is 0.250. The summed E-state index contributed by atoms with van der Waals surface area (Å²) in [5, 5.41) is 0. The molecule has 1 aromatic carbocycles. The molecule has 3 rings (SSSR count). The summed E-state index contributed by atoms with van der Waals surface area (Å²) in [4.78, 5) is 24.3. The number of carbonyl (C=O) groups is 2. The molecule has 0 saturated carbocycles. The molecule has 0 aliphatic carbocycles. The highest BCUT2D eigenvalue weighted by Gasteiger charge is 2.28. The second-order valence-electron chi connectivity index (χ2n) is 5.39. The quantitative estimate of drug-likeness (QED) is 0.570. The molecule has 1 fully saturated rings. The van der Waals surface area contributed by atoms with Crippen LogP contribution in [0.4, 0.5) is 5.69 Å². The lowest BCUT2D eigenvalue weighted by molar-refractivity contribution is 0.0476. The van der Waals surface area contributed by atoms with Crippen molar-refractivity contribution in [2.75, 3.05) is 23.2 Å². The molecule has 132 valence electrons. The Balaban J connectivity index is 1.62. The molecule has 2 aromatic rings. The summed E-state index contributed by atoms with van der Waals surface area (Å²) in [6, 6.07) is 9.26. The Morgan fingerprint density at radius 3 is 2.44 bits per heavy atom. The van der Waals surface area contributed by atoms with Gasteiger partial charge in [-0.2, -0.15) is 0 Å². The number of nitrogens with zero attached hydrogens (tertiary/aromatic N) is 1. The number of sulfonamides is 1. The Labute approximate surface area is 154 Å². The summed E-state index contributed by atoms with van der Waals surface area (Å²) in [6.45, 7) is 0.0575. The number of esters is 1. The predicted octanol–water partition coefficient (Wildman–Crippen LogP) is 2.98. The molecule has 1 aliphatic heterocycles. The maximum atomic E-state index is 12.0. The number of hydrogen-bond acceptors (Lipinski definition) is 6. The van der Waals surface area contributed by atoms with E-state index in [2.05, 4.69) is 0 Å². The van der Waals surface area contributed by atoms with Crippen LogP contribution in [0.1, 0.15) is 26.5 Å². The molecule has 9 heteroatoms. The Hall–Kier alpha value is -1.90. The van der Waals surface area contributed by atoms with Gasteiger partial charge in [-0.05, 0) is 42.8 Å². The van der Waals surface area contributed by atoms with E-state index in [0.29, 0.717) is 27.9 Å². The molecule has 2 heterocycles. The van der Waals surface area contributed by atoms with E-state index in [-0.39, 0.29) is 23.7 Å². The zero-order chi connectivity index (χ0) is 18.0. The SMILES string of the molecule is O=C(OCC(=O)c1ccc(Cl)s1)c1ccc(N2CCCS2(=O)=O)cc1. The molecule has 0 bridgehead atoms. The lowest BCUT2D eigenvalue weighted by atomic mass is 10.2. The van der Waals surface area contributed by atoms with Gasteiger partial charge in [0.1, 0.15) is 0 Å². The van der Waals surface area contributed by atoms with Crippen LogP contribution in [0.5, 0.6) is 0 Å². The fourth-order valence-corrected chi connectivity index (χ4v) is 4.97. The summed E-state index contributed by atoms with van der Waals surface area (Å²) < 4.78 is 30.6. The van der Waals surface area contributed by atoms with Crippen LogP contribution in [0, 0.1) is 0 Å². The van der Waals surface area contributed by atoms with Crippen LogP contribution >= 0.6 is 22.9 Å². The van der Waals surface area contributed by atoms with Gasteiger partial charge >= 0.3 is 5.97 Å². The Morgan fingerprint density at radius 2 is 1.88 bits per heavy atom. The standard InChI is InChI=1S/C16H14ClNO5S2/c17-15-7-6-14(24-15)13(19)10-23-16(20)11-2-4-12(5-3-11)18-8-1-9-25(18,21)22/h2-7H,1,8-10H2. The average molecular weight is 400 g/mol. The van der Waals surface area contributed by atoms with Gasteiger partial charge in [-0.25, -0.2) is 13.2 Å². The minimum Gasteiger partial charge on any atom is -0.454 e. The first-order valence-electron chi connectivity index (χ1n) is 7.43. The van der Waals surface area contributed by atoms with Gasteiger partial charge in [0.2, 0.25) is 15.8 Å². The summed E-state index contributed by atoms with van der Waals surface area (Å²) >= 11 is 6.88. The Morgan fingerprint density at radius 1 is 1.16 bits per heavy atom. The number of ether oxygens (including phenoxy) is 1. The van der Waals surface area contributed by atoms with Crippen molar-refractivity contribution in [1.29, 1.82) is 0 Å². The summed E-state index contributed by atoms with van der Waals surface area (Å²) in [6.07, 6.45) is 0.584. The van der Waals surface area contributed by atoms with Crippen molar-refractivity contribution in [3.63, 3.8) is 0 Å². The molecule has 0 atom stereocenters. The third-order valence-corrected chi connectivity index (χ3v) is 6.81. The maximum absolute atomic E-state index is 12.0. The van der Waals surface area contributed by atoms with Crippen molar-refractivity contribution in [1.82, 2.24) is 0 Å². The highest BCUT2D eigenvalue weighted by molar-refractivity contribution is 7.93. The number of anilines is 1. The van der Waals surface area contributed by atoms with Gasteiger partial charge < -0.3 is 4.74 Å². The molecule has 1 saturated heterocycles. The number of ketones is 1. The molecule has 1 aliphatic rings. The van der Waals surface area contributed by atoms with Crippen molar-refractivity contribution >= 4 is 50.4 Å². The maximum Gasteiger partial charge on any atom is 0.338 e. The van der Waals surface area contributed by atoms with E-state index in [1.807, 2.05) is 0 Å². The minimum atomic E-state index is -3.26. The first-order chi connectivity index (χ1) is 11.9. The van der Waals surface area contributed by atoms with Crippen molar-refractivity contribution < 1.29 is 22.7 Å². The number of Topliss-reactive ketones (excluding diaryl/α,β-unsaturated/α-hetero) is 1. The molecule has 1 aromatic heterocycles. The van der Waals surface area contributed by atoms with E-state index in [1.54, 1.807) is 24.3 Å². The Kier molecular flexibility index (Phi) is 5.12. The lowest BCUT2D eigenvalue weighted by Gasteiger charge is -2.16. The molecule has 0 unspecified atom stereocenters. The molecule has 0 N–H and O–H groups in total. The molecule has 0 spiro atoms. The second kappa shape index (κ2) is 7.15. The van der Waals surface area contributed by atoms with Crippen LogP contribution in [-0.4, -0.2) is 39.1 Å². The molecular formula is C16H14ClNO5S2. The lowest BCUT2D eigenvalue weighted by Crippen LogP contribution is -2.25. The van der Waals surface area contributed by atoms with E-state index in [9.17, 15) is 18.0 Å². The third kappa shape index (κ3) is 4.02. The van der Waals surface area contributed by atoms with E-state index in [0.717, 1.165) is 11.3 Å².